The van der Waals surface area contributed by atoms with Gasteiger partial charge in [-0.15, -0.1) is 0 Å². The van der Waals surface area contributed by atoms with E-state index in [9.17, 15) is 9.59 Å². The summed E-state index contributed by atoms with van der Waals surface area (Å²) in [6, 6.07) is 4.66. The largest absolute Gasteiger partial charge is 0.398 e. The third kappa shape index (κ3) is 0.928. The van der Waals surface area contributed by atoms with Crippen molar-refractivity contribution in [1.82, 2.24) is 4.90 Å². The monoisotopic (exact) mass is 192 g/mol. The van der Waals surface area contributed by atoms with Gasteiger partial charge < -0.3 is 10.8 Å². The van der Waals surface area contributed by atoms with Crippen molar-refractivity contribution in [3.05, 3.63) is 29.3 Å². The molecule has 1 aliphatic rings. The molecule has 3 N–H and O–H groups in total. The van der Waals surface area contributed by atoms with Crippen LogP contribution in [0.2, 0.25) is 0 Å². The lowest BCUT2D eigenvalue weighted by Gasteiger charge is -2.07. The average Bonchev–Trinajstić information content (AvgIpc) is 2.41. The Kier molecular flexibility index (Phi) is 1.75. The third-order valence-electron chi connectivity index (χ3n) is 2.17. The maximum absolute atomic E-state index is 11.5. The van der Waals surface area contributed by atoms with E-state index < -0.39 is 18.5 Å². The highest BCUT2D eigenvalue weighted by Crippen LogP contribution is 2.26. The summed E-state index contributed by atoms with van der Waals surface area (Å²) in [6.07, 6.45) is 0. The highest BCUT2D eigenvalue weighted by atomic mass is 16.3. The van der Waals surface area contributed by atoms with E-state index in [1.54, 1.807) is 12.1 Å². The summed E-state index contributed by atoms with van der Waals surface area (Å²) >= 11 is 0. The number of hydrogen-bond donors (Lipinski definition) is 2. The molecule has 2 amide bonds. The Morgan fingerprint density at radius 3 is 2.57 bits per heavy atom. The van der Waals surface area contributed by atoms with Gasteiger partial charge in [-0.1, -0.05) is 6.07 Å². The van der Waals surface area contributed by atoms with Crippen molar-refractivity contribution < 1.29 is 14.7 Å². The summed E-state index contributed by atoms with van der Waals surface area (Å²) in [6.45, 7) is -0.619. The molecule has 0 radical (unpaired) electrons. The first-order valence-electron chi connectivity index (χ1n) is 4.02. The molecule has 0 spiro atoms. The average molecular weight is 192 g/mol. The molecule has 1 aliphatic heterocycles. The highest BCUT2D eigenvalue weighted by Gasteiger charge is 2.36. The Hall–Kier alpha value is -1.88. The predicted molar refractivity (Wildman–Crippen MR) is 48.4 cm³/mol. The second-order valence-electron chi connectivity index (χ2n) is 2.95. The zero-order valence-electron chi connectivity index (χ0n) is 7.23. The minimum absolute atomic E-state index is 0.187. The minimum Gasteiger partial charge on any atom is -0.398 e. The van der Waals surface area contributed by atoms with Crippen molar-refractivity contribution in [3.8, 4) is 0 Å². The SMILES string of the molecule is Nc1cccc2c1C(=O)N(CO)C2=O. The van der Waals surface area contributed by atoms with Crippen molar-refractivity contribution in [2.75, 3.05) is 12.5 Å². The van der Waals surface area contributed by atoms with E-state index in [1.807, 2.05) is 0 Å². The lowest BCUT2D eigenvalue weighted by atomic mass is 10.1. The molecule has 1 heterocycles. The number of benzene rings is 1. The van der Waals surface area contributed by atoms with Crippen LogP contribution in [0.3, 0.4) is 0 Å². The number of fused-ring (bicyclic) bond motifs is 1. The Balaban J connectivity index is 2.64. The number of nitrogens with two attached hydrogens (primary N) is 1. The molecule has 1 aromatic carbocycles. The van der Waals surface area contributed by atoms with Gasteiger partial charge in [0.05, 0.1) is 11.1 Å². The van der Waals surface area contributed by atoms with Crippen LogP contribution in [0.1, 0.15) is 20.7 Å². The lowest BCUT2D eigenvalue weighted by molar-refractivity contribution is 0.0490. The minimum atomic E-state index is -0.619. The van der Waals surface area contributed by atoms with Gasteiger partial charge in [-0.25, -0.2) is 0 Å². The fourth-order valence-corrected chi connectivity index (χ4v) is 1.49. The van der Waals surface area contributed by atoms with E-state index in [-0.39, 0.29) is 16.8 Å². The van der Waals surface area contributed by atoms with E-state index in [1.165, 1.54) is 6.07 Å². The Morgan fingerprint density at radius 2 is 2.00 bits per heavy atom. The number of aliphatic hydroxyl groups excluding tert-OH is 1. The van der Waals surface area contributed by atoms with Crippen molar-refractivity contribution in [3.63, 3.8) is 0 Å². The first-order valence-corrected chi connectivity index (χ1v) is 4.02. The number of imide groups is 1. The van der Waals surface area contributed by atoms with Gasteiger partial charge in [0.25, 0.3) is 11.8 Å². The third-order valence-corrected chi connectivity index (χ3v) is 2.17. The molecule has 0 saturated carbocycles. The van der Waals surface area contributed by atoms with Crippen LogP contribution in [0.15, 0.2) is 18.2 Å². The number of carbonyl (C=O) groups is 2. The summed E-state index contributed by atoms with van der Waals surface area (Å²) in [7, 11) is 0. The van der Waals surface area contributed by atoms with Gasteiger partial charge in [0.2, 0.25) is 0 Å². The van der Waals surface area contributed by atoms with Crippen LogP contribution in [0.5, 0.6) is 0 Å². The van der Waals surface area contributed by atoms with E-state index in [4.69, 9.17) is 10.8 Å². The standard InChI is InChI=1S/C9H8N2O3/c10-6-3-1-2-5-7(6)9(14)11(4-12)8(5)13/h1-3,12H,4,10H2. The Morgan fingerprint density at radius 1 is 1.29 bits per heavy atom. The van der Waals surface area contributed by atoms with Gasteiger partial charge in [0.15, 0.2) is 0 Å². The fourth-order valence-electron chi connectivity index (χ4n) is 1.49. The normalized spacial score (nSPS) is 14.8. The second-order valence-corrected chi connectivity index (χ2v) is 2.95. The predicted octanol–water partition coefficient (Wildman–Crippen LogP) is -0.185. The lowest BCUT2D eigenvalue weighted by Crippen LogP contribution is -2.30. The van der Waals surface area contributed by atoms with Crippen LogP contribution in [-0.4, -0.2) is 28.6 Å². The zero-order valence-corrected chi connectivity index (χ0v) is 7.23. The molecule has 0 saturated heterocycles. The smallest absolute Gasteiger partial charge is 0.265 e. The maximum atomic E-state index is 11.5. The quantitative estimate of drug-likeness (QED) is 0.477. The summed E-state index contributed by atoms with van der Waals surface area (Å²) in [4.78, 5) is 23.8. The maximum Gasteiger partial charge on any atom is 0.265 e. The number of carbonyl (C=O) groups excluding carboxylic acids is 2. The molecule has 1 aromatic rings. The molecule has 0 aliphatic carbocycles. The summed E-state index contributed by atoms with van der Waals surface area (Å²) in [5.74, 6) is -1.04. The molecule has 0 unspecified atom stereocenters. The number of hydrogen-bond acceptors (Lipinski definition) is 4. The van der Waals surface area contributed by atoms with Crippen LogP contribution < -0.4 is 5.73 Å². The molecule has 0 bridgehead atoms. The van der Waals surface area contributed by atoms with Crippen LogP contribution in [0, 0.1) is 0 Å². The van der Waals surface area contributed by atoms with Crippen molar-refractivity contribution in [2.45, 2.75) is 0 Å². The van der Waals surface area contributed by atoms with Gasteiger partial charge in [-0.05, 0) is 12.1 Å². The van der Waals surface area contributed by atoms with Crippen LogP contribution >= 0.6 is 0 Å². The highest BCUT2D eigenvalue weighted by molar-refractivity contribution is 6.23. The molecule has 0 fully saturated rings. The molecule has 2 rings (SSSR count). The van der Waals surface area contributed by atoms with Gasteiger partial charge in [-0.3, -0.25) is 14.5 Å². The molecule has 14 heavy (non-hydrogen) atoms. The number of anilines is 1. The van der Waals surface area contributed by atoms with Gasteiger partial charge in [0.1, 0.15) is 6.73 Å². The van der Waals surface area contributed by atoms with Crippen LogP contribution in [-0.2, 0) is 0 Å². The zero-order chi connectivity index (χ0) is 10.3. The summed E-state index contributed by atoms with van der Waals surface area (Å²) in [5.41, 5.74) is 6.26. The number of nitrogen functional groups attached to an aromatic ring is 1. The van der Waals surface area contributed by atoms with Crippen molar-refractivity contribution >= 4 is 17.5 Å². The molecular weight excluding hydrogens is 184 g/mol. The summed E-state index contributed by atoms with van der Waals surface area (Å²) < 4.78 is 0. The van der Waals surface area contributed by atoms with E-state index in [0.29, 0.717) is 0 Å². The number of rotatable bonds is 1. The number of aliphatic hydroxyl groups is 1. The number of amides is 2. The van der Waals surface area contributed by atoms with Crippen molar-refractivity contribution in [1.29, 1.82) is 0 Å². The van der Waals surface area contributed by atoms with Crippen molar-refractivity contribution in [2.24, 2.45) is 0 Å². The molecule has 5 nitrogen and oxygen atoms in total. The summed E-state index contributed by atoms with van der Waals surface area (Å²) in [5, 5.41) is 8.81. The molecule has 5 heteroatoms. The molecule has 0 atom stereocenters. The Bertz CT molecular complexity index is 428. The van der Waals surface area contributed by atoms with E-state index in [0.717, 1.165) is 4.90 Å². The first kappa shape index (κ1) is 8.71. The molecule has 72 valence electrons. The van der Waals surface area contributed by atoms with E-state index in [2.05, 4.69) is 0 Å². The van der Waals surface area contributed by atoms with Gasteiger partial charge >= 0.3 is 0 Å². The van der Waals surface area contributed by atoms with Gasteiger partial charge in [-0.2, -0.15) is 0 Å². The fraction of sp³-hybridized carbons (Fsp3) is 0.111. The molecule has 0 aromatic heterocycles. The van der Waals surface area contributed by atoms with Crippen LogP contribution in [0.25, 0.3) is 0 Å². The number of nitrogens with zero attached hydrogens (tertiary/aromatic N) is 1. The van der Waals surface area contributed by atoms with E-state index >= 15 is 0 Å². The first-order chi connectivity index (χ1) is 6.66. The molecular formula is C9H8N2O3. The van der Waals surface area contributed by atoms with Gasteiger partial charge in [0, 0.05) is 5.69 Å². The van der Waals surface area contributed by atoms with Crippen LogP contribution in [0.4, 0.5) is 5.69 Å². The second kappa shape index (κ2) is 2.81. The Labute approximate surface area is 79.7 Å². The topological polar surface area (TPSA) is 83.6 Å².